The molecule has 0 spiro atoms. The molecule has 11 heteroatoms. The quantitative estimate of drug-likeness (QED) is 0.521. The molecule has 3 N–H and O–H groups in total. The Balaban J connectivity index is 1.53. The van der Waals surface area contributed by atoms with Crippen LogP contribution in [-0.4, -0.2) is 50.7 Å². The topological polar surface area (TPSA) is 102 Å². The van der Waals surface area contributed by atoms with Gasteiger partial charge >= 0.3 is 6.18 Å². The normalized spacial score (nSPS) is 16.6. The lowest BCUT2D eigenvalue weighted by molar-refractivity contribution is -0.138. The minimum Gasteiger partial charge on any atom is -0.369 e. The van der Waals surface area contributed by atoms with Crippen LogP contribution in [0.3, 0.4) is 0 Å². The Kier molecular flexibility index (Phi) is 6.82. The summed E-state index contributed by atoms with van der Waals surface area (Å²) in [6.45, 7) is 1.88. The average Bonchev–Trinajstić information content (AvgIpc) is 3.41. The van der Waals surface area contributed by atoms with Crippen LogP contribution < -0.4 is 11.1 Å². The smallest absolute Gasteiger partial charge is 0.369 e. The maximum atomic E-state index is 13.6. The van der Waals surface area contributed by atoms with E-state index in [1.54, 1.807) is 30.5 Å². The first-order valence-electron chi connectivity index (χ1n) is 11.0. The predicted octanol–water partition coefficient (Wildman–Crippen LogP) is 3.13. The molecule has 180 valence electrons. The highest BCUT2D eigenvalue weighted by molar-refractivity contribution is 5.77. The second-order valence-electron chi connectivity index (χ2n) is 8.50. The van der Waals surface area contributed by atoms with Crippen molar-refractivity contribution < 1.29 is 18.0 Å². The van der Waals surface area contributed by atoms with Crippen LogP contribution in [0.5, 0.6) is 0 Å². The van der Waals surface area contributed by atoms with Crippen molar-refractivity contribution in [2.75, 3.05) is 25.5 Å². The number of carbonyl (C=O) groups excluding carboxylic acids is 1. The molecular formula is C23H26F3N7O. The summed E-state index contributed by atoms with van der Waals surface area (Å²) >= 11 is 0. The molecule has 0 radical (unpaired) electrons. The third-order valence-corrected chi connectivity index (χ3v) is 5.89. The Morgan fingerprint density at radius 2 is 1.97 bits per heavy atom. The van der Waals surface area contributed by atoms with Crippen molar-refractivity contribution in [2.45, 2.75) is 37.9 Å². The molecule has 1 saturated heterocycles. The summed E-state index contributed by atoms with van der Waals surface area (Å²) < 4.78 is 42.7. The zero-order chi connectivity index (χ0) is 24.3. The monoisotopic (exact) mass is 473 g/mol. The summed E-state index contributed by atoms with van der Waals surface area (Å²) in [6, 6.07) is 7.32. The number of carbonyl (C=O) groups is 1. The van der Waals surface area contributed by atoms with Gasteiger partial charge in [-0.2, -0.15) is 18.3 Å². The molecule has 4 rings (SSSR count). The predicted molar refractivity (Wildman–Crippen MR) is 120 cm³/mol. The van der Waals surface area contributed by atoms with E-state index in [0.29, 0.717) is 11.3 Å². The summed E-state index contributed by atoms with van der Waals surface area (Å²) in [5, 5.41) is 7.34. The van der Waals surface area contributed by atoms with E-state index < -0.39 is 17.6 Å². The molecule has 34 heavy (non-hydrogen) atoms. The average molecular weight is 474 g/mol. The first-order valence-corrected chi connectivity index (χ1v) is 11.0. The van der Waals surface area contributed by atoms with Gasteiger partial charge < -0.3 is 16.0 Å². The van der Waals surface area contributed by atoms with E-state index in [2.05, 4.69) is 25.3 Å². The summed E-state index contributed by atoms with van der Waals surface area (Å²) in [4.78, 5) is 21.6. The SMILES string of the molecule is CN1CCC(n2cc(Nc3ncc(C(F)(F)F)c(CCc4ccccc4CC(N)=O)n3)cn2)C1. The minimum absolute atomic E-state index is 0.0233. The Labute approximate surface area is 195 Å². The summed E-state index contributed by atoms with van der Waals surface area (Å²) in [5.74, 6) is -0.432. The van der Waals surface area contributed by atoms with E-state index in [-0.39, 0.29) is 36.9 Å². The number of hydrogen-bond donors (Lipinski definition) is 2. The first kappa shape index (κ1) is 23.7. The van der Waals surface area contributed by atoms with Crippen molar-refractivity contribution >= 4 is 17.5 Å². The van der Waals surface area contributed by atoms with Gasteiger partial charge in [0.25, 0.3) is 0 Å². The second kappa shape index (κ2) is 9.80. The highest BCUT2D eigenvalue weighted by atomic mass is 19.4. The van der Waals surface area contributed by atoms with E-state index in [1.165, 1.54) is 0 Å². The number of nitrogens with two attached hydrogens (primary N) is 1. The van der Waals surface area contributed by atoms with E-state index in [9.17, 15) is 18.0 Å². The van der Waals surface area contributed by atoms with Crippen LogP contribution in [0.1, 0.15) is 34.8 Å². The van der Waals surface area contributed by atoms with Crippen molar-refractivity contribution in [3.8, 4) is 0 Å². The number of rotatable bonds is 8. The van der Waals surface area contributed by atoms with Crippen molar-refractivity contribution in [3.63, 3.8) is 0 Å². The fraction of sp³-hybridized carbons (Fsp3) is 0.391. The zero-order valence-corrected chi connectivity index (χ0v) is 18.7. The standard InChI is InChI=1S/C23H26F3N7O/c1-32-9-8-18(14-32)33-13-17(11-29-33)30-22-28-12-19(23(24,25)26)20(31-22)7-6-15-4-2-3-5-16(15)10-21(27)34/h2-5,11-13,18H,6-10,14H2,1H3,(H2,27,34)(H,28,30,31). The molecule has 1 amide bonds. The molecular weight excluding hydrogens is 447 g/mol. The Morgan fingerprint density at radius 1 is 1.21 bits per heavy atom. The molecule has 8 nitrogen and oxygen atoms in total. The Bertz CT molecular complexity index is 1160. The van der Waals surface area contributed by atoms with Gasteiger partial charge in [-0.1, -0.05) is 24.3 Å². The molecule has 1 fully saturated rings. The summed E-state index contributed by atoms with van der Waals surface area (Å²) in [6.07, 6.45) is 0.946. The van der Waals surface area contributed by atoms with Gasteiger partial charge in [0.05, 0.1) is 35.6 Å². The fourth-order valence-corrected chi connectivity index (χ4v) is 4.18. The number of amides is 1. The molecule has 3 aromatic rings. The van der Waals surface area contributed by atoms with Gasteiger partial charge in [-0.15, -0.1) is 0 Å². The van der Waals surface area contributed by atoms with E-state index in [0.717, 1.165) is 31.3 Å². The minimum atomic E-state index is -4.58. The van der Waals surface area contributed by atoms with Crippen LogP contribution in [0, 0.1) is 0 Å². The fourth-order valence-electron chi connectivity index (χ4n) is 4.18. The number of benzene rings is 1. The number of halogens is 3. The molecule has 0 saturated carbocycles. The van der Waals surface area contributed by atoms with Gasteiger partial charge in [0.15, 0.2) is 0 Å². The lowest BCUT2D eigenvalue weighted by Gasteiger charge is -2.14. The maximum Gasteiger partial charge on any atom is 0.419 e. The molecule has 1 aliphatic heterocycles. The summed E-state index contributed by atoms with van der Waals surface area (Å²) in [7, 11) is 2.05. The van der Waals surface area contributed by atoms with Gasteiger partial charge in [-0.3, -0.25) is 9.48 Å². The molecule has 1 aliphatic rings. The molecule has 0 bridgehead atoms. The molecule has 1 unspecified atom stereocenters. The van der Waals surface area contributed by atoms with Gasteiger partial charge in [0.2, 0.25) is 11.9 Å². The molecule has 1 atom stereocenters. The lowest BCUT2D eigenvalue weighted by Crippen LogP contribution is -2.16. The maximum absolute atomic E-state index is 13.6. The number of alkyl halides is 3. The number of aromatic nitrogens is 4. The molecule has 3 heterocycles. The van der Waals surface area contributed by atoms with Gasteiger partial charge in [0.1, 0.15) is 0 Å². The van der Waals surface area contributed by atoms with Crippen LogP contribution >= 0.6 is 0 Å². The third kappa shape index (κ3) is 5.71. The number of likely N-dealkylation sites (N-methyl/N-ethyl adjacent to an activating group) is 1. The zero-order valence-electron chi connectivity index (χ0n) is 18.7. The molecule has 0 aliphatic carbocycles. The number of nitrogens with zero attached hydrogens (tertiary/aromatic N) is 5. The van der Waals surface area contributed by atoms with Crippen LogP contribution in [0.25, 0.3) is 0 Å². The van der Waals surface area contributed by atoms with Gasteiger partial charge in [0, 0.05) is 18.9 Å². The number of hydrogen-bond acceptors (Lipinski definition) is 6. The van der Waals surface area contributed by atoms with Crippen molar-refractivity contribution in [1.82, 2.24) is 24.6 Å². The number of nitrogens with one attached hydrogen (secondary N) is 1. The van der Waals surface area contributed by atoms with Gasteiger partial charge in [-0.25, -0.2) is 9.97 Å². The molecule has 2 aromatic heterocycles. The van der Waals surface area contributed by atoms with Crippen molar-refractivity contribution in [3.05, 3.63) is 65.2 Å². The van der Waals surface area contributed by atoms with Crippen LogP contribution in [-0.2, 0) is 30.2 Å². The van der Waals surface area contributed by atoms with Crippen molar-refractivity contribution in [1.29, 1.82) is 0 Å². The van der Waals surface area contributed by atoms with Crippen molar-refractivity contribution in [2.24, 2.45) is 5.73 Å². The second-order valence-corrected chi connectivity index (χ2v) is 8.50. The number of anilines is 2. The highest BCUT2D eigenvalue weighted by Crippen LogP contribution is 2.32. The van der Waals surface area contributed by atoms with Crippen LogP contribution in [0.4, 0.5) is 24.8 Å². The van der Waals surface area contributed by atoms with E-state index in [4.69, 9.17) is 5.73 Å². The van der Waals surface area contributed by atoms with E-state index >= 15 is 0 Å². The van der Waals surface area contributed by atoms with Crippen LogP contribution in [0.2, 0.25) is 0 Å². The number of primary amides is 1. The number of aryl methyl sites for hydroxylation is 2. The number of likely N-dealkylation sites (tertiary alicyclic amines) is 1. The molecule has 1 aromatic carbocycles. The lowest BCUT2D eigenvalue weighted by atomic mass is 9.98. The highest BCUT2D eigenvalue weighted by Gasteiger charge is 2.35. The Morgan fingerprint density at radius 3 is 2.65 bits per heavy atom. The van der Waals surface area contributed by atoms with Crippen LogP contribution in [0.15, 0.2) is 42.9 Å². The summed E-state index contributed by atoms with van der Waals surface area (Å²) in [5.41, 5.74) is 6.35. The van der Waals surface area contributed by atoms with E-state index in [1.807, 2.05) is 17.9 Å². The third-order valence-electron chi connectivity index (χ3n) is 5.89. The Hall–Kier alpha value is -3.47. The largest absolute Gasteiger partial charge is 0.419 e. The first-order chi connectivity index (χ1) is 16.2. The van der Waals surface area contributed by atoms with Gasteiger partial charge in [-0.05, 0) is 44.0 Å².